The molecule has 21 heavy (non-hydrogen) atoms. The molecule has 0 aromatic heterocycles. The molecule has 0 aliphatic heterocycles. The summed E-state index contributed by atoms with van der Waals surface area (Å²) in [5.41, 5.74) is 3.42. The van der Waals surface area contributed by atoms with E-state index in [0.29, 0.717) is 5.92 Å². The number of nitriles is 1. The second kappa shape index (κ2) is 8.64. The fourth-order valence-corrected chi connectivity index (χ4v) is 3.11. The summed E-state index contributed by atoms with van der Waals surface area (Å²) in [6, 6.07) is 10.2. The van der Waals surface area contributed by atoms with Crippen LogP contribution in [0.1, 0.15) is 56.6 Å². The second-order valence-electron chi connectivity index (χ2n) is 5.97. The summed E-state index contributed by atoms with van der Waals surface area (Å²) < 4.78 is 0. The molecule has 1 saturated carbocycles. The van der Waals surface area contributed by atoms with Crippen LogP contribution in [0.4, 0.5) is 0 Å². The molecule has 1 fully saturated rings. The van der Waals surface area contributed by atoms with Crippen LogP contribution in [0.15, 0.2) is 29.8 Å². The molecule has 0 unspecified atom stereocenters. The van der Waals surface area contributed by atoms with Gasteiger partial charge in [0.2, 0.25) is 0 Å². The maximum Gasteiger partial charge on any atom is 0.0991 e. The van der Waals surface area contributed by atoms with Crippen molar-refractivity contribution in [3.63, 3.8) is 0 Å². The third-order valence-electron chi connectivity index (χ3n) is 4.25. The van der Waals surface area contributed by atoms with Crippen LogP contribution in [-0.2, 0) is 0 Å². The number of hydrogen-bond donors (Lipinski definition) is 1. The maximum absolute atomic E-state index is 9.04. The summed E-state index contributed by atoms with van der Waals surface area (Å²) in [4.78, 5) is 0. The highest BCUT2D eigenvalue weighted by Gasteiger charge is 2.17. The van der Waals surface area contributed by atoms with Crippen LogP contribution in [0.25, 0.3) is 6.08 Å². The maximum atomic E-state index is 9.04. The van der Waals surface area contributed by atoms with E-state index in [0.717, 1.165) is 24.2 Å². The lowest BCUT2D eigenvalue weighted by molar-refractivity contribution is 0.396. The van der Waals surface area contributed by atoms with E-state index in [1.165, 1.54) is 44.1 Å². The van der Waals surface area contributed by atoms with Gasteiger partial charge >= 0.3 is 0 Å². The fourth-order valence-electron chi connectivity index (χ4n) is 3.11. The molecular formula is C19H26N2. The van der Waals surface area contributed by atoms with Crippen molar-refractivity contribution in [3.8, 4) is 6.07 Å². The molecule has 2 heteroatoms. The Morgan fingerprint density at radius 2 is 2.14 bits per heavy atom. The van der Waals surface area contributed by atoms with E-state index in [2.05, 4.69) is 30.5 Å². The molecule has 0 atom stereocenters. The number of benzene rings is 1. The fraction of sp³-hybridized carbons (Fsp3) is 0.526. The van der Waals surface area contributed by atoms with Crippen molar-refractivity contribution in [1.82, 2.24) is 5.32 Å². The van der Waals surface area contributed by atoms with Crippen LogP contribution in [0.3, 0.4) is 0 Å². The van der Waals surface area contributed by atoms with E-state index in [9.17, 15) is 0 Å². The Morgan fingerprint density at radius 1 is 1.33 bits per heavy atom. The van der Waals surface area contributed by atoms with Gasteiger partial charge < -0.3 is 5.32 Å². The van der Waals surface area contributed by atoms with Crippen LogP contribution in [0, 0.1) is 17.2 Å². The van der Waals surface area contributed by atoms with Crippen LogP contribution < -0.4 is 5.32 Å². The number of nitrogens with zero attached hydrogens (tertiary/aromatic N) is 1. The third-order valence-corrected chi connectivity index (χ3v) is 4.25. The first-order valence-electron chi connectivity index (χ1n) is 8.25. The molecule has 0 spiro atoms. The van der Waals surface area contributed by atoms with E-state index < -0.39 is 0 Å². The van der Waals surface area contributed by atoms with Crippen molar-refractivity contribution < 1.29 is 0 Å². The average molecular weight is 282 g/mol. The first kappa shape index (κ1) is 15.8. The Balaban J connectivity index is 2.15. The smallest absolute Gasteiger partial charge is 0.0991 e. The molecular weight excluding hydrogens is 256 g/mol. The molecule has 1 aliphatic rings. The lowest BCUT2D eigenvalue weighted by atomic mass is 9.83. The van der Waals surface area contributed by atoms with Crippen molar-refractivity contribution in [3.05, 3.63) is 41.0 Å². The lowest BCUT2D eigenvalue weighted by Crippen LogP contribution is -2.23. The molecule has 1 N–H and O–H groups in total. The van der Waals surface area contributed by atoms with Gasteiger partial charge in [0.25, 0.3) is 0 Å². The molecule has 112 valence electrons. The third kappa shape index (κ3) is 5.02. The van der Waals surface area contributed by atoms with Gasteiger partial charge in [-0.15, -0.1) is 0 Å². The first-order valence-corrected chi connectivity index (χ1v) is 8.25. The Hall–Kier alpha value is -1.59. The average Bonchev–Trinajstić information content (AvgIpc) is 2.55. The Morgan fingerprint density at radius 3 is 2.86 bits per heavy atom. The van der Waals surface area contributed by atoms with Crippen LogP contribution in [0.5, 0.6) is 0 Å². The SMILES string of the molecule is CCCNC/C(=C/c1cccc(C#N)c1)C1CCCCC1. The van der Waals surface area contributed by atoms with Crippen LogP contribution >= 0.6 is 0 Å². The highest BCUT2D eigenvalue weighted by Crippen LogP contribution is 2.30. The highest BCUT2D eigenvalue weighted by molar-refractivity contribution is 5.56. The highest BCUT2D eigenvalue weighted by atomic mass is 14.8. The minimum atomic E-state index is 0.717. The monoisotopic (exact) mass is 282 g/mol. The normalized spacial score (nSPS) is 16.7. The van der Waals surface area contributed by atoms with Gasteiger partial charge in [-0.3, -0.25) is 0 Å². The van der Waals surface area contributed by atoms with Gasteiger partial charge in [-0.25, -0.2) is 0 Å². The summed E-state index contributed by atoms with van der Waals surface area (Å²) >= 11 is 0. The molecule has 0 saturated heterocycles. The molecule has 2 nitrogen and oxygen atoms in total. The molecule has 1 aliphatic carbocycles. The van der Waals surface area contributed by atoms with Gasteiger partial charge in [-0.1, -0.05) is 50.0 Å². The van der Waals surface area contributed by atoms with Crippen LogP contribution in [0.2, 0.25) is 0 Å². The zero-order chi connectivity index (χ0) is 14.9. The van der Waals surface area contributed by atoms with Gasteiger partial charge in [0, 0.05) is 6.54 Å². The summed E-state index contributed by atoms with van der Waals surface area (Å²) in [5, 5.41) is 12.6. The van der Waals surface area contributed by atoms with Gasteiger partial charge in [-0.2, -0.15) is 5.26 Å². The predicted octanol–water partition coefficient (Wildman–Crippen LogP) is 4.52. The minimum Gasteiger partial charge on any atom is -0.313 e. The zero-order valence-electron chi connectivity index (χ0n) is 13.1. The van der Waals surface area contributed by atoms with Crippen LogP contribution in [-0.4, -0.2) is 13.1 Å². The standard InChI is InChI=1S/C19H26N2/c1-2-11-21-15-19(18-9-4-3-5-10-18)13-16-7-6-8-17(12-16)14-20/h6-8,12-13,18,21H,2-5,9-11,15H2,1H3/b19-13-. The first-order chi connectivity index (χ1) is 10.3. The predicted molar refractivity (Wildman–Crippen MR) is 88.9 cm³/mol. The van der Waals surface area contributed by atoms with Gasteiger partial charge in [0.1, 0.15) is 0 Å². The summed E-state index contributed by atoms with van der Waals surface area (Å²) in [5.74, 6) is 0.717. The van der Waals surface area contributed by atoms with Crippen molar-refractivity contribution in [2.24, 2.45) is 5.92 Å². The minimum absolute atomic E-state index is 0.717. The molecule has 0 radical (unpaired) electrons. The second-order valence-corrected chi connectivity index (χ2v) is 5.97. The van der Waals surface area contributed by atoms with Crippen molar-refractivity contribution in [2.45, 2.75) is 45.4 Å². The van der Waals surface area contributed by atoms with E-state index in [1.807, 2.05) is 18.2 Å². The van der Waals surface area contributed by atoms with Crippen molar-refractivity contribution >= 4 is 6.08 Å². The number of nitrogens with one attached hydrogen (secondary N) is 1. The van der Waals surface area contributed by atoms with Gasteiger partial charge in [0.15, 0.2) is 0 Å². The number of hydrogen-bond acceptors (Lipinski definition) is 2. The van der Waals surface area contributed by atoms with Crippen molar-refractivity contribution in [2.75, 3.05) is 13.1 Å². The molecule has 1 aromatic carbocycles. The summed E-state index contributed by atoms with van der Waals surface area (Å²) in [6.45, 7) is 4.25. The molecule has 2 rings (SSSR count). The molecule has 0 heterocycles. The topological polar surface area (TPSA) is 35.8 Å². The summed E-state index contributed by atoms with van der Waals surface area (Å²) in [6.07, 6.45) is 10.2. The van der Waals surface area contributed by atoms with E-state index in [1.54, 1.807) is 0 Å². The van der Waals surface area contributed by atoms with Gasteiger partial charge in [0.05, 0.1) is 11.6 Å². The van der Waals surface area contributed by atoms with E-state index >= 15 is 0 Å². The lowest BCUT2D eigenvalue weighted by Gasteiger charge is -2.25. The molecule has 0 bridgehead atoms. The van der Waals surface area contributed by atoms with Crippen molar-refractivity contribution in [1.29, 1.82) is 5.26 Å². The Kier molecular flexibility index (Phi) is 6.50. The Labute approximate surface area is 128 Å². The Bertz CT molecular complexity index is 505. The largest absolute Gasteiger partial charge is 0.313 e. The van der Waals surface area contributed by atoms with E-state index in [4.69, 9.17) is 5.26 Å². The zero-order valence-corrected chi connectivity index (χ0v) is 13.1. The number of rotatable bonds is 6. The molecule has 0 amide bonds. The quantitative estimate of drug-likeness (QED) is 0.779. The van der Waals surface area contributed by atoms with Gasteiger partial charge in [-0.05, 0) is 49.4 Å². The summed E-state index contributed by atoms with van der Waals surface area (Å²) in [7, 11) is 0. The van der Waals surface area contributed by atoms with E-state index in [-0.39, 0.29) is 0 Å². The molecule has 1 aromatic rings.